The fraction of sp³-hybridized carbons (Fsp3) is 0.320. The van der Waals surface area contributed by atoms with Gasteiger partial charge in [-0.15, -0.1) is 0 Å². The Hall–Kier alpha value is -3.20. The second-order valence-corrected chi connectivity index (χ2v) is 8.45. The maximum atomic E-state index is 12.8. The number of carbonyl (C=O) groups is 1. The summed E-state index contributed by atoms with van der Waals surface area (Å²) in [6.07, 6.45) is -6.78. The standard InChI is InChI=1S/C25H23F5N2O2/c1-15(18-12-32(13-18)14-23(26)27)31-24(33)17-5-10-21-16(11-17)3-2-4-22(21)34-20-8-6-19(7-9-20)25(28,29)30/h2-11,15,18,23H,12-14H2,1H3,(H,31,33)/t15-/m1/s1. The Balaban J connectivity index is 1.43. The first kappa shape index (κ1) is 23.9. The minimum atomic E-state index is -4.42. The van der Waals surface area contributed by atoms with E-state index in [1.807, 2.05) is 13.0 Å². The van der Waals surface area contributed by atoms with Crippen LogP contribution in [0.2, 0.25) is 0 Å². The van der Waals surface area contributed by atoms with E-state index in [1.54, 1.807) is 35.2 Å². The fourth-order valence-corrected chi connectivity index (χ4v) is 4.00. The quantitative estimate of drug-likeness (QED) is 0.426. The molecule has 4 nitrogen and oxygen atoms in total. The highest BCUT2D eigenvalue weighted by molar-refractivity contribution is 6.00. The number of nitrogens with one attached hydrogen (secondary N) is 1. The summed E-state index contributed by atoms with van der Waals surface area (Å²) in [5.41, 5.74) is -0.318. The minimum Gasteiger partial charge on any atom is -0.457 e. The summed E-state index contributed by atoms with van der Waals surface area (Å²) >= 11 is 0. The SMILES string of the molecule is C[C@@H](NC(=O)c1ccc2c(Oc3ccc(C(F)(F)F)cc3)cccc2c1)C1CN(CC(F)F)C1. The molecule has 1 aliphatic rings. The van der Waals surface area contributed by atoms with E-state index < -0.39 is 18.2 Å². The van der Waals surface area contributed by atoms with Gasteiger partial charge in [-0.1, -0.05) is 12.1 Å². The monoisotopic (exact) mass is 478 g/mol. The molecule has 3 aromatic carbocycles. The summed E-state index contributed by atoms with van der Waals surface area (Å²) in [6, 6.07) is 14.6. The van der Waals surface area contributed by atoms with Gasteiger partial charge < -0.3 is 10.1 Å². The molecule has 0 bridgehead atoms. The number of hydrogen-bond donors (Lipinski definition) is 1. The van der Waals surface area contributed by atoms with Crippen LogP contribution < -0.4 is 10.1 Å². The molecule has 0 radical (unpaired) electrons. The van der Waals surface area contributed by atoms with Gasteiger partial charge in [0.15, 0.2) is 0 Å². The minimum absolute atomic E-state index is 0.117. The van der Waals surface area contributed by atoms with Crippen LogP contribution in [0.3, 0.4) is 0 Å². The molecular formula is C25H23F5N2O2. The number of rotatable bonds is 7. The lowest BCUT2D eigenvalue weighted by Gasteiger charge is -2.42. The predicted molar refractivity (Wildman–Crippen MR) is 118 cm³/mol. The number of ether oxygens (including phenoxy) is 1. The Morgan fingerprint density at radius 3 is 2.44 bits per heavy atom. The first-order valence-corrected chi connectivity index (χ1v) is 10.8. The zero-order chi connectivity index (χ0) is 24.5. The summed E-state index contributed by atoms with van der Waals surface area (Å²) < 4.78 is 69.0. The second kappa shape index (κ2) is 9.58. The summed E-state index contributed by atoms with van der Waals surface area (Å²) in [6.45, 7) is 2.65. The first-order valence-electron chi connectivity index (χ1n) is 10.8. The second-order valence-electron chi connectivity index (χ2n) is 8.45. The Morgan fingerprint density at radius 2 is 1.79 bits per heavy atom. The molecule has 1 amide bonds. The lowest BCUT2D eigenvalue weighted by atomic mass is 9.92. The molecule has 0 unspecified atom stereocenters. The van der Waals surface area contributed by atoms with Crippen LogP contribution in [0.25, 0.3) is 10.8 Å². The van der Waals surface area contributed by atoms with Crippen molar-refractivity contribution in [3.05, 3.63) is 71.8 Å². The Kier molecular flexibility index (Phi) is 6.74. The third-order valence-electron chi connectivity index (χ3n) is 5.96. The van der Waals surface area contributed by atoms with Crippen molar-refractivity contribution in [3.63, 3.8) is 0 Å². The molecule has 1 saturated heterocycles. The molecule has 1 heterocycles. The number of hydrogen-bond acceptors (Lipinski definition) is 3. The van der Waals surface area contributed by atoms with E-state index in [4.69, 9.17) is 4.74 Å². The number of benzene rings is 3. The van der Waals surface area contributed by atoms with Crippen LogP contribution in [-0.2, 0) is 6.18 Å². The van der Waals surface area contributed by atoms with Crippen LogP contribution in [0.4, 0.5) is 22.0 Å². The molecule has 3 aromatic rings. The highest BCUT2D eigenvalue weighted by atomic mass is 19.4. The van der Waals surface area contributed by atoms with Crippen molar-refractivity contribution in [2.24, 2.45) is 5.92 Å². The lowest BCUT2D eigenvalue weighted by Crippen LogP contribution is -2.56. The molecule has 0 aromatic heterocycles. The van der Waals surface area contributed by atoms with Gasteiger partial charge >= 0.3 is 6.18 Å². The molecule has 180 valence electrons. The van der Waals surface area contributed by atoms with E-state index >= 15 is 0 Å². The van der Waals surface area contributed by atoms with Gasteiger partial charge in [0.05, 0.1) is 12.1 Å². The van der Waals surface area contributed by atoms with Gasteiger partial charge in [0.1, 0.15) is 11.5 Å². The van der Waals surface area contributed by atoms with Gasteiger partial charge in [0.2, 0.25) is 0 Å². The molecule has 0 spiro atoms. The van der Waals surface area contributed by atoms with Crippen molar-refractivity contribution >= 4 is 16.7 Å². The van der Waals surface area contributed by atoms with Gasteiger partial charge in [-0.25, -0.2) is 8.78 Å². The maximum absolute atomic E-state index is 12.8. The number of nitrogens with zero attached hydrogens (tertiary/aromatic N) is 1. The average Bonchev–Trinajstić information content (AvgIpc) is 2.75. The third-order valence-corrected chi connectivity index (χ3v) is 5.96. The molecule has 4 rings (SSSR count). The third kappa shape index (κ3) is 5.47. The van der Waals surface area contributed by atoms with Gasteiger partial charge in [0.25, 0.3) is 12.3 Å². The zero-order valence-corrected chi connectivity index (χ0v) is 18.3. The van der Waals surface area contributed by atoms with E-state index in [-0.39, 0.29) is 30.2 Å². The summed E-state index contributed by atoms with van der Waals surface area (Å²) in [5, 5.41) is 4.37. The number of halogens is 5. The Bertz CT molecular complexity index is 1160. The van der Waals surface area contributed by atoms with Crippen molar-refractivity contribution in [1.82, 2.24) is 10.2 Å². The lowest BCUT2D eigenvalue weighted by molar-refractivity contribution is -0.137. The van der Waals surface area contributed by atoms with Crippen molar-refractivity contribution in [2.45, 2.75) is 25.6 Å². The van der Waals surface area contributed by atoms with Gasteiger partial charge in [-0.2, -0.15) is 13.2 Å². The molecular weight excluding hydrogens is 455 g/mol. The van der Waals surface area contributed by atoms with Crippen LogP contribution in [-0.4, -0.2) is 42.9 Å². The van der Waals surface area contributed by atoms with Crippen LogP contribution in [0, 0.1) is 5.92 Å². The Labute approximate surface area is 193 Å². The number of likely N-dealkylation sites (tertiary alicyclic amines) is 1. The van der Waals surface area contributed by atoms with E-state index in [0.29, 0.717) is 29.8 Å². The number of alkyl halides is 5. The molecule has 0 aliphatic carbocycles. The predicted octanol–water partition coefficient (Wildman–Crippen LogP) is 5.97. The number of amides is 1. The average molecular weight is 478 g/mol. The van der Waals surface area contributed by atoms with Crippen LogP contribution in [0.5, 0.6) is 11.5 Å². The molecule has 1 N–H and O–H groups in total. The van der Waals surface area contributed by atoms with E-state index in [1.165, 1.54) is 12.1 Å². The highest BCUT2D eigenvalue weighted by Gasteiger charge is 2.33. The number of carbonyl (C=O) groups excluding carboxylic acids is 1. The molecule has 9 heteroatoms. The smallest absolute Gasteiger partial charge is 0.416 e. The van der Waals surface area contributed by atoms with Gasteiger partial charge in [-0.05, 0) is 60.8 Å². The maximum Gasteiger partial charge on any atom is 0.416 e. The van der Waals surface area contributed by atoms with Crippen molar-refractivity contribution in [2.75, 3.05) is 19.6 Å². The number of fused-ring (bicyclic) bond motifs is 1. The topological polar surface area (TPSA) is 41.6 Å². The molecule has 1 aliphatic heterocycles. The van der Waals surface area contributed by atoms with Crippen molar-refractivity contribution in [3.8, 4) is 11.5 Å². The summed E-state index contributed by atoms with van der Waals surface area (Å²) in [5.74, 6) is 0.561. The highest BCUT2D eigenvalue weighted by Crippen LogP contribution is 2.34. The van der Waals surface area contributed by atoms with Crippen molar-refractivity contribution < 1.29 is 31.5 Å². The van der Waals surface area contributed by atoms with Crippen LogP contribution >= 0.6 is 0 Å². The van der Waals surface area contributed by atoms with E-state index in [9.17, 15) is 26.7 Å². The van der Waals surface area contributed by atoms with Crippen LogP contribution in [0.15, 0.2) is 60.7 Å². The van der Waals surface area contributed by atoms with E-state index in [0.717, 1.165) is 17.5 Å². The molecule has 0 saturated carbocycles. The molecule has 1 atom stereocenters. The summed E-state index contributed by atoms with van der Waals surface area (Å²) in [4.78, 5) is 14.4. The van der Waals surface area contributed by atoms with Crippen molar-refractivity contribution in [1.29, 1.82) is 0 Å². The van der Waals surface area contributed by atoms with E-state index in [2.05, 4.69) is 5.32 Å². The van der Waals surface area contributed by atoms with Gasteiger partial charge in [0, 0.05) is 36.0 Å². The largest absolute Gasteiger partial charge is 0.457 e. The van der Waals surface area contributed by atoms with Crippen LogP contribution in [0.1, 0.15) is 22.8 Å². The zero-order valence-electron chi connectivity index (χ0n) is 18.3. The first-order chi connectivity index (χ1) is 16.1. The summed E-state index contributed by atoms with van der Waals surface area (Å²) in [7, 11) is 0. The Morgan fingerprint density at radius 1 is 1.09 bits per heavy atom. The normalized spacial score (nSPS) is 15.9. The molecule has 34 heavy (non-hydrogen) atoms. The molecule has 1 fully saturated rings. The fourth-order valence-electron chi connectivity index (χ4n) is 4.00. The van der Waals surface area contributed by atoms with Gasteiger partial charge in [-0.3, -0.25) is 9.69 Å².